The van der Waals surface area contributed by atoms with Gasteiger partial charge in [0.15, 0.2) is 8.32 Å². The maximum Gasteiger partial charge on any atom is 0.266 e. The summed E-state index contributed by atoms with van der Waals surface area (Å²) in [6.07, 6.45) is 3.04. The van der Waals surface area contributed by atoms with Crippen molar-refractivity contribution in [3.8, 4) is 6.07 Å². The Hall–Kier alpha value is -1.36. The van der Waals surface area contributed by atoms with Gasteiger partial charge in [-0.25, -0.2) is 0 Å². The van der Waals surface area contributed by atoms with E-state index in [-0.39, 0.29) is 17.9 Å². The Morgan fingerprint density at radius 2 is 1.89 bits per heavy atom. The summed E-state index contributed by atoms with van der Waals surface area (Å²) in [6.45, 7) is 14.6. The Morgan fingerprint density at radius 3 is 2.44 bits per heavy atom. The first-order chi connectivity index (χ1) is 12.7. The summed E-state index contributed by atoms with van der Waals surface area (Å²) >= 11 is 0. The third-order valence-corrected chi connectivity index (χ3v) is 6.11. The molecule has 2 aliphatic heterocycles. The zero-order valence-corrected chi connectivity index (χ0v) is 18.6. The van der Waals surface area contributed by atoms with Crippen molar-refractivity contribution in [2.75, 3.05) is 39.5 Å². The molecule has 2 aliphatic rings. The molecule has 0 saturated carbocycles. The van der Waals surface area contributed by atoms with E-state index in [1.54, 1.807) is 0 Å². The standard InChI is InChI=1S/C20H35N3O3Si/c1-16(2)19(22-10-12-25-13-11-22)18(14-21)20(24)23-9-7-6-8-17(23)15-26-27(3,4)5/h16-17H,6-13,15H2,1-5H3. The topological polar surface area (TPSA) is 65.8 Å². The number of allylic oxidation sites excluding steroid dienone is 1. The highest BCUT2D eigenvalue weighted by molar-refractivity contribution is 6.69. The molecular weight excluding hydrogens is 358 g/mol. The lowest BCUT2D eigenvalue weighted by Gasteiger charge is -2.38. The van der Waals surface area contributed by atoms with Crippen LogP contribution in [0.15, 0.2) is 11.3 Å². The third kappa shape index (κ3) is 6.06. The van der Waals surface area contributed by atoms with E-state index < -0.39 is 8.32 Å². The summed E-state index contributed by atoms with van der Waals surface area (Å²) in [5.74, 6) is -0.0141. The van der Waals surface area contributed by atoms with Crippen LogP contribution in [0.3, 0.4) is 0 Å². The largest absolute Gasteiger partial charge is 0.416 e. The monoisotopic (exact) mass is 393 g/mol. The SMILES string of the molecule is CC(C)C(=C(C#N)C(=O)N1CCCCC1CO[Si](C)(C)C)N1CCOCC1. The van der Waals surface area contributed by atoms with Crippen molar-refractivity contribution in [2.24, 2.45) is 5.92 Å². The Morgan fingerprint density at radius 1 is 1.22 bits per heavy atom. The molecule has 0 bridgehead atoms. The minimum Gasteiger partial charge on any atom is -0.416 e. The van der Waals surface area contributed by atoms with E-state index >= 15 is 0 Å². The van der Waals surface area contributed by atoms with Gasteiger partial charge in [0.25, 0.3) is 5.91 Å². The second-order valence-electron chi connectivity index (χ2n) is 8.70. The molecule has 1 unspecified atom stereocenters. The van der Waals surface area contributed by atoms with Crippen LogP contribution in [0, 0.1) is 17.2 Å². The van der Waals surface area contributed by atoms with Crippen molar-refractivity contribution >= 4 is 14.2 Å². The maximum atomic E-state index is 13.4. The third-order valence-electron chi connectivity index (χ3n) is 5.08. The van der Waals surface area contributed by atoms with Gasteiger partial charge in [-0.2, -0.15) is 5.26 Å². The number of carbonyl (C=O) groups is 1. The Labute approximate surface area is 165 Å². The van der Waals surface area contributed by atoms with E-state index in [9.17, 15) is 10.1 Å². The minimum atomic E-state index is -1.64. The van der Waals surface area contributed by atoms with Gasteiger partial charge >= 0.3 is 0 Å². The first-order valence-electron chi connectivity index (χ1n) is 10.2. The zero-order chi connectivity index (χ0) is 20.0. The molecule has 0 aromatic heterocycles. The molecule has 0 aromatic carbocycles. The quantitative estimate of drug-likeness (QED) is 0.394. The molecule has 0 aromatic rings. The number of hydrogen-bond acceptors (Lipinski definition) is 5. The molecule has 0 aliphatic carbocycles. The summed E-state index contributed by atoms with van der Waals surface area (Å²) in [6, 6.07) is 2.31. The summed E-state index contributed by atoms with van der Waals surface area (Å²) in [4.78, 5) is 17.4. The number of rotatable bonds is 6. The highest BCUT2D eigenvalue weighted by atomic mass is 28.4. The summed E-state index contributed by atoms with van der Waals surface area (Å²) in [7, 11) is -1.64. The van der Waals surface area contributed by atoms with Crippen molar-refractivity contribution in [3.63, 3.8) is 0 Å². The van der Waals surface area contributed by atoms with Gasteiger partial charge in [-0.3, -0.25) is 4.79 Å². The molecule has 27 heavy (non-hydrogen) atoms. The zero-order valence-electron chi connectivity index (χ0n) is 17.6. The van der Waals surface area contributed by atoms with Gasteiger partial charge in [0.05, 0.1) is 25.9 Å². The molecule has 152 valence electrons. The molecule has 0 N–H and O–H groups in total. The Balaban J connectivity index is 2.26. The van der Waals surface area contributed by atoms with Crippen molar-refractivity contribution in [3.05, 3.63) is 11.3 Å². The molecule has 0 spiro atoms. The second-order valence-corrected chi connectivity index (χ2v) is 13.2. The van der Waals surface area contributed by atoms with Crippen LogP contribution >= 0.6 is 0 Å². The number of piperidine rings is 1. The lowest BCUT2D eigenvalue weighted by atomic mass is 9.98. The van der Waals surface area contributed by atoms with Crippen LogP contribution in [-0.2, 0) is 14.0 Å². The van der Waals surface area contributed by atoms with Crippen LogP contribution in [0.2, 0.25) is 19.6 Å². The number of nitriles is 1. The van der Waals surface area contributed by atoms with Crippen molar-refractivity contribution in [1.82, 2.24) is 9.80 Å². The fourth-order valence-electron chi connectivity index (χ4n) is 3.76. The summed E-state index contributed by atoms with van der Waals surface area (Å²) in [5.41, 5.74) is 1.16. The highest BCUT2D eigenvalue weighted by Crippen LogP contribution is 2.26. The van der Waals surface area contributed by atoms with Gasteiger partial charge in [-0.05, 0) is 44.8 Å². The van der Waals surface area contributed by atoms with Gasteiger partial charge in [0, 0.05) is 25.3 Å². The second kappa shape index (κ2) is 9.72. The van der Waals surface area contributed by atoms with E-state index in [4.69, 9.17) is 9.16 Å². The Kier molecular flexibility index (Phi) is 7.89. The molecule has 2 heterocycles. The lowest BCUT2D eigenvalue weighted by molar-refractivity contribution is -0.131. The van der Waals surface area contributed by atoms with E-state index in [2.05, 4.69) is 44.5 Å². The van der Waals surface area contributed by atoms with Crippen LogP contribution in [0.25, 0.3) is 0 Å². The van der Waals surface area contributed by atoms with Crippen LogP contribution in [0.4, 0.5) is 0 Å². The molecule has 1 atom stereocenters. The summed E-state index contributed by atoms with van der Waals surface area (Å²) in [5, 5.41) is 9.88. The minimum absolute atomic E-state index is 0.0689. The lowest BCUT2D eigenvalue weighted by Crippen LogP contribution is -2.49. The van der Waals surface area contributed by atoms with Crippen molar-refractivity contribution in [1.29, 1.82) is 5.26 Å². The number of amides is 1. The molecule has 0 radical (unpaired) electrons. The smallest absolute Gasteiger partial charge is 0.266 e. The van der Waals surface area contributed by atoms with Crippen LogP contribution in [0.5, 0.6) is 0 Å². The number of hydrogen-bond donors (Lipinski definition) is 0. The molecule has 2 rings (SSSR count). The molecule has 2 saturated heterocycles. The van der Waals surface area contributed by atoms with Gasteiger partial charge in [-0.15, -0.1) is 0 Å². The van der Waals surface area contributed by atoms with Crippen LogP contribution in [-0.4, -0.2) is 69.5 Å². The number of carbonyl (C=O) groups excluding carboxylic acids is 1. The average Bonchev–Trinajstić information content (AvgIpc) is 2.63. The van der Waals surface area contributed by atoms with Crippen LogP contribution in [0.1, 0.15) is 33.1 Å². The van der Waals surface area contributed by atoms with Gasteiger partial charge in [0.2, 0.25) is 0 Å². The fourth-order valence-corrected chi connectivity index (χ4v) is 4.45. The number of ether oxygens (including phenoxy) is 1. The fraction of sp³-hybridized carbons (Fsp3) is 0.800. The van der Waals surface area contributed by atoms with Crippen LogP contribution < -0.4 is 0 Å². The normalized spacial score (nSPS) is 22.5. The van der Waals surface area contributed by atoms with Crippen molar-refractivity contribution < 1.29 is 14.0 Å². The molecule has 2 fully saturated rings. The average molecular weight is 394 g/mol. The predicted molar refractivity (Wildman–Crippen MR) is 109 cm³/mol. The van der Waals surface area contributed by atoms with Gasteiger partial charge in [-0.1, -0.05) is 13.8 Å². The number of likely N-dealkylation sites (tertiary alicyclic amines) is 1. The predicted octanol–water partition coefficient (Wildman–Crippen LogP) is 2.98. The molecular formula is C20H35N3O3Si. The van der Waals surface area contributed by atoms with Gasteiger partial charge < -0.3 is 19.0 Å². The van der Waals surface area contributed by atoms with Crippen molar-refractivity contribution in [2.45, 2.75) is 58.8 Å². The molecule has 6 nitrogen and oxygen atoms in total. The van der Waals surface area contributed by atoms with E-state index in [0.29, 0.717) is 31.9 Å². The number of morpholine rings is 1. The highest BCUT2D eigenvalue weighted by Gasteiger charge is 2.33. The van der Waals surface area contributed by atoms with E-state index in [1.165, 1.54) is 0 Å². The van der Waals surface area contributed by atoms with E-state index in [0.717, 1.165) is 38.0 Å². The molecule has 7 heteroatoms. The number of nitrogens with zero attached hydrogens (tertiary/aromatic N) is 3. The van der Waals surface area contributed by atoms with E-state index in [1.807, 2.05) is 4.90 Å². The maximum absolute atomic E-state index is 13.4. The first-order valence-corrected chi connectivity index (χ1v) is 13.6. The first kappa shape index (κ1) is 21.9. The molecule has 1 amide bonds. The summed E-state index contributed by atoms with van der Waals surface area (Å²) < 4.78 is 11.6. The van der Waals surface area contributed by atoms with Gasteiger partial charge in [0.1, 0.15) is 11.6 Å². The Bertz CT molecular complexity index is 586.